The fraction of sp³-hybridized carbons (Fsp3) is 0.417. The number of hydrogen-bond acceptors (Lipinski definition) is 3. The van der Waals surface area contributed by atoms with Crippen molar-refractivity contribution in [1.82, 2.24) is 4.72 Å². The van der Waals surface area contributed by atoms with Gasteiger partial charge in [-0.15, -0.1) is 0 Å². The van der Waals surface area contributed by atoms with E-state index in [-0.39, 0.29) is 21.4 Å². The molecule has 0 aliphatic carbocycles. The summed E-state index contributed by atoms with van der Waals surface area (Å²) in [4.78, 5) is 10.5. The SMILES string of the molecule is CCCC(CC(=O)O)NS(=O)(=O)c1c(Cl)cc(Br)cc1Cl. The average molecular weight is 419 g/mol. The minimum Gasteiger partial charge on any atom is -0.481 e. The Balaban J connectivity index is 3.13. The molecule has 0 aromatic heterocycles. The number of sulfonamides is 1. The average Bonchev–Trinajstić information content (AvgIpc) is 2.24. The van der Waals surface area contributed by atoms with Crippen molar-refractivity contribution in [1.29, 1.82) is 0 Å². The normalized spacial score (nSPS) is 13.1. The van der Waals surface area contributed by atoms with Crippen LogP contribution in [0.2, 0.25) is 10.0 Å². The highest BCUT2D eigenvalue weighted by atomic mass is 79.9. The van der Waals surface area contributed by atoms with Crippen molar-refractivity contribution >= 4 is 55.1 Å². The van der Waals surface area contributed by atoms with Crippen LogP contribution in [-0.2, 0) is 14.8 Å². The molecule has 0 aliphatic rings. The van der Waals surface area contributed by atoms with E-state index in [0.717, 1.165) is 0 Å². The van der Waals surface area contributed by atoms with Crippen LogP contribution in [0.25, 0.3) is 0 Å². The maximum Gasteiger partial charge on any atom is 0.304 e. The number of carboxylic acid groups (broad SMARTS) is 1. The number of carboxylic acids is 1. The molecule has 1 unspecified atom stereocenters. The molecular weight excluding hydrogens is 405 g/mol. The third kappa shape index (κ3) is 5.41. The molecule has 0 spiro atoms. The first kappa shape index (κ1) is 18.7. The van der Waals surface area contributed by atoms with Gasteiger partial charge in [0.1, 0.15) is 4.90 Å². The zero-order valence-corrected chi connectivity index (χ0v) is 15.0. The summed E-state index contributed by atoms with van der Waals surface area (Å²) < 4.78 is 27.6. The van der Waals surface area contributed by atoms with E-state index in [9.17, 15) is 13.2 Å². The first-order valence-electron chi connectivity index (χ1n) is 6.06. The Bertz CT molecular complexity index is 613. The Morgan fingerprint density at radius 2 is 1.90 bits per heavy atom. The second-order valence-electron chi connectivity index (χ2n) is 4.40. The molecule has 1 aromatic carbocycles. The summed E-state index contributed by atoms with van der Waals surface area (Å²) in [5.74, 6) is -1.08. The Labute approximate surface area is 141 Å². The van der Waals surface area contributed by atoms with Gasteiger partial charge in [0.25, 0.3) is 0 Å². The highest BCUT2D eigenvalue weighted by Gasteiger charge is 2.26. The Morgan fingerprint density at radius 3 is 2.33 bits per heavy atom. The number of rotatable bonds is 7. The molecule has 9 heteroatoms. The van der Waals surface area contributed by atoms with Gasteiger partial charge in [0.2, 0.25) is 10.0 Å². The first-order valence-corrected chi connectivity index (χ1v) is 9.09. The van der Waals surface area contributed by atoms with Crippen LogP contribution in [0.5, 0.6) is 0 Å². The van der Waals surface area contributed by atoms with Crippen LogP contribution >= 0.6 is 39.1 Å². The fourth-order valence-corrected chi connectivity index (χ4v) is 5.03. The third-order valence-electron chi connectivity index (χ3n) is 2.61. The summed E-state index contributed by atoms with van der Waals surface area (Å²) in [6.07, 6.45) is 0.735. The third-order valence-corrected chi connectivity index (χ3v) is 5.51. The molecule has 0 amide bonds. The Hall–Kier alpha value is -0.340. The summed E-state index contributed by atoms with van der Waals surface area (Å²) >= 11 is 15.0. The predicted molar refractivity (Wildman–Crippen MR) is 85.4 cm³/mol. The number of nitrogens with one attached hydrogen (secondary N) is 1. The Morgan fingerprint density at radius 1 is 1.38 bits per heavy atom. The number of halogens is 3. The number of hydrogen-bond donors (Lipinski definition) is 2. The van der Waals surface area contributed by atoms with Gasteiger partial charge in [-0.2, -0.15) is 0 Å². The van der Waals surface area contributed by atoms with E-state index in [1.807, 2.05) is 6.92 Å². The second-order valence-corrected chi connectivity index (χ2v) is 7.78. The van der Waals surface area contributed by atoms with Crippen molar-refractivity contribution < 1.29 is 18.3 Å². The van der Waals surface area contributed by atoms with Crippen LogP contribution < -0.4 is 4.72 Å². The van der Waals surface area contributed by atoms with Crippen LogP contribution in [0.3, 0.4) is 0 Å². The van der Waals surface area contributed by atoms with Gasteiger partial charge in [-0.1, -0.05) is 52.5 Å². The van der Waals surface area contributed by atoms with Gasteiger partial charge in [-0.25, -0.2) is 13.1 Å². The lowest BCUT2D eigenvalue weighted by atomic mass is 10.1. The summed E-state index contributed by atoms with van der Waals surface area (Å²) in [5.41, 5.74) is 0. The molecule has 1 atom stereocenters. The summed E-state index contributed by atoms with van der Waals surface area (Å²) in [5, 5.41) is 8.76. The van der Waals surface area contributed by atoms with Crippen LogP contribution in [-0.4, -0.2) is 25.5 Å². The van der Waals surface area contributed by atoms with Crippen LogP contribution in [0, 0.1) is 0 Å². The molecule has 0 radical (unpaired) electrons. The van der Waals surface area contributed by atoms with Gasteiger partial charge in [0.05, 0.1) is 16.5 Å². The van der Waals surface area contributed by atoms with E-state index in [4.69, 9.17) is 28.3 Å². The molecule has 0 saturated heterocycles. The molecule has 21 heavy (non-hydrogen) atoms. The van der Waals surface area contributed by atoms with Crippen LogP contribution in [0.1, 0.15) is 26.2 Å². The largest absolute Gasteiger partial charge is 0.481 e. The van der Waals surface area contributed by atoms with Crippen LogP contribution in [0.15, 0.2) is 21.5 Å². The highest BCUT2D eigenvalue weighted by Crippen LogP contribution is 2.33. The lowest BCUT2D eigenvalue weighted by Gasteiger charge is -2.17. The summed E-state index contributed by atoms with van der Waals surface area (Å²) in [7, 11) is -4.00. The van der Waals surface area contributed by atoms with Crippen molar-refractivity contribution in [2.24, 2.45) is 0 Å². The number of aliphatic carboxylic acids is 1. The van der Waals surface area contributed by atoms with E-state index in [1.54, 1.807) is 0 Å². The number of benzene rings is 1. The van der Waals surface area contributed by atoms with E-state index in [2.05, 4.69) is 20.7 Å². The molecule has 0 bridgehead atoms. The van der Waals surface area contributed by atoms with E-state index in [0.29, 0.717) is 17.3 Å². The fourth-order valence-electron chi connectivity index (χ4n) is 1.83. The molecule has 0 fully saturated rings. The van der Waals surface area contributed by atoms with E-state index >= 15 is 0 Å². The molecule has 0 aliphatic heterocycles. The lowest BCUT2D eigenvalue weighted by molar-refractivity contribution is -0.137. The molecule has 1 rings (SSSR count). The van der Waals surface area contributed by atoms with Gasteiger partial charge >= 0.3 is 5.97 Å². The predicted octanol–water partition coefficient (Wildman–Crippen LogP) is 3.68. The van der Waals surface area contributed by atoms with Gasteiger partial charge in [-0.3, -0.25) is 4.79 Å². The van der Waals surface area contributed by atoms with Gasteiger partial charge in [-0.05, 0) is 18.6 Å². The van der Waals surface area contributed by atoms with Gasteiger partial charge < -0.3 is 5.11 Å². The van der Waals surface area contributed by atoms with Gasteiger partial charge in [0.15, 0.2) is 0 Å². The molecule has 5 nitrogen and oxygen atoms in total. The quantitative estimate of drug-likeness (QED) is 0.707. The summed E-state index contributed by atoms with van der Waals surface area (Å²) in [6.45, 7) is 1.84. The zero-order chi connectivity index (χ0) is 16.2. The van der Waals surface area contributed by atoms with Crippen molar-refractivity contribution in [3.8, 4) is 0 Å². The summed E-state index contributed by atoms with van der Waals surface area (Å²) in [6, 6.07) is 2.11. The maximum atomic E-state index is 12.4. The first-order chi connectivity index (χ1) is 9.67. The molecule has 1 aromatic rings. The second kappa shape index (κ2) is 7.78. The molecule has 0 saturated carbocycles. The molecule has 0 heterocycles. The monoisotopic (exact) mass is 417 g/mol. The van der Waals surface area contributed by atoms with Crippen molar-refractivity contribution in [3.63, 3.8) is 0 Å². The van der Waals surface area contributed by atoms with Gasteiger partial charge in [0, 0.05) is 10.5 Å². The minimum absolute atomic E-state index is 0.0348. The maximum absolute atomic E-state index is 12.4. The smallest absolute Gasteiger partial charge is 0.304 e. The van der Waals surface area contributed by atoms with Crippen molar-refractivity contribution in [2.45, 2.75) is 37.1 Å². The lowest BCUT2D eigenvalue weighted by Crippen LogP contribution is -2.36. The Kier molecular flexibility index (Phi) is 6.93. The minimum atomic E-state index is -4.00. The number of carbonyl (C=O) groups is 1. The van der Waals surface area contributed by atoms with E-state index < -0.39 is 22.0 Å². The topological polar surface area (TPSA) is 83.5 Å². The molecule has 118 valence electrons. The highest BCUT2D eigenvalue weighted by molar-refractivity contribution is 9.10. The van der Waals surface area contributed by atoms with Crippen LogP contribution in [0.4, 0.5) is 0 Å². The zero-order valence-electron chi connectivity index (χ0n) is 11.1. The van der Waals surface area contributed by atoms with E-state index in [1.165, 1.54) is 12.1 Å². The van der Waals surface area contributed by atoms with Crippen molar-refractivity contribution in [3.05, 3.63) is 26.7 Å². The molecule has 2 N–H and O–H groups in total. The standard InChI is InChI=1S/C12H14BrCl2NO4S/c1-2-3-8(6-11(17)18)16-21(19,20)12-9(14)4-7(13)5-10(12)15/h4-5,8,16H,2-3,6H2,1H3,(H,17,18). The van der Waals surface area contributed by atoms with Crippen molar-refractivity contribution in [2.75, 3.05) is 0 Å². The molecular formula is C12H14BrCl2NO4S.